The molecule has 3 nitrogen and oxygen atoms in total. The first-order chi connectivity index (χ1) is 10.1. The quantitative estimate of drug-likeness (QED) is 0.746. The van der Waals surface area contributed by atoms with E-state index in [9.17, 15) is 9.18 Å². The molecule has 0 aliphatic heterocycles. The van der Waals surface area contributed by atoms with E-state index in [2.05, 4.69) is 5.32 Å². The topological polar surface area (TPSA) is 55.1 Å². The van der Waals surface area contributed by atoms with Gasteiger partial charge in [-0.1, -0.05) is 30.3 Å². The van der Waals surface area contributed by atoms with Crippen LogP contribution in [0.1, 0.15) is 15.2 Å². The molecule has 3 rings (SSSR count). The number of benzene rings is 2. The number of halogens is 1. The molecule has 5 heteroatoms. The van der Waals surface area contributed by atoms with E-state index in [4.69, 9.17) is 5.73 Å². The molecule has 0 atom stereocenters. The average Bonchev–Trinajstić information content (AvgIpc) is 2.81. The van der Waals surface area contributed by atoms with Gasteiger partial charge in [-0.25, -0.2) is 4.39 Å². The van der Waals surface area contributed by atoms with E-state index >= 15 is 0 Å². The van der Waals surface area contributed by atoms with Crippen LogP contribution in [0.5, 0.6) is 0 Å². The molecule has 2 aromatic carbocycles. The van der Waals surface area contributed by atoms with Crippen LogP contribution in [0, 0.1) is 12.7 Å². The zero-order valence-corrected chi connectivity index (χ0v) is 12.1. The van der Waals surface area contributed by atoms with Crippen molar-refractivity contribution < 1.29 is 9.18 Å². The molecule has 0 spiro atoms. The Hall–Kier alpha value is -2.40. The van der Waals surface area contributed by atoms with Crippen LogP contribution in [0.3, 0.4) is 0 Å². The molecule has 106 valence electrons. The highest BCUT2D eigenvalue weighted by Gasteiger charge is 2.18. The van der Waals surface area contributed by atoms with Gasteiger partial charge in [0.15, 0.2) is 0 Å². The Morgan fingerprint density at radius 2 is 1.95 bits per heavy atom. The van der Waals surface area contributed by atoms with Crippen LogP contribution in [0.15, 0.2) is 42.5 Å². The number of rotatable bonds is 2. The van der Waals surface area contributed by atoms with Gasteiger partial charge in [0, 0.05) is 10.1 Å². The van der Waals surface area contributed by atoms with Crippen LogP contribution in [-0.2, 0) is 0 Å². The third-order valence-corrected chi connectivity index (χ3v) is 4.49. The van der Waals surface area contributed by atoms with Crippen molar-refractivity contribution in [2.45, 2.75) is 6.92 Å². The van der Waals surface area contributed by atoms with Gasteiger partial charge in [0.05, 0.1) is 11.4 Å². The number of hydrogen-bond acceptors (Lipinski definition) is 3. The lowest BCUT2D eigenvalue weighted by Crippen LogP contribution is -2.14. The first-order valence-corrected chi connectivity index (χ1v) is 7.23. The number of carbonyl (C=O) groups excluding carboxylic acids is 1. The molecular formula is C16H13FN2OS. The Morgan fingerprint density at radius 1 is 1.19 bits per heavy atom. The highest BCUT2D eigenvalue weighted by molar-refractivity contribution is 7.21. The van der Waals surface area contributed by atoms with Gasteiger partial charge in [0.1, 0.15) is 10.7 Å². The lowest BCUT2D eigenvalue weighted by molar-refractivity contribution is 0.103. The molecule has 3 N–H and O–H groups in total. The molecule has 0 aliphatic carbocycles. The van der Waals surface area contributed by atoms with E-state index in [0.717, 1.165) is 10.1 Å². The van der Waals surface area contributed by atoms with E-state index in [0.29, 0.717) is 16.1 Å². The Labute approximate surface area is 125 Å². The number of nitrogen functional groups attached to an aromatic ring is 1. The summed E-state index contributed by atoms with van der Waals surface area (Å²) in [5.74, 6) is -0.843. The fraction of sp³-hybridized carbons (Fsp3) is 0.0625. The second kappa shape index (κ2) is 5.18. The van der Waals surface area contributed by atoms with Crippen molar-refractivity contribution in [3.63, 3.8) is 0 Å². The molecule has 1 heterocycles. The first-order valence-electron chi connectivity index (χ1n) is 6.41. The van der Waals surface area contributed by atoms with E-state index < -0.39 is 5.82 Å². The number of anilines is 2. The number of nitrogens with two attached hydrogens (primary N) is 1. The van der Waals surface area contributed by atoms with Gasteiger partial charge in [-0.2, -0.15) is 0 Å². The predicted octanol–water partition coefficient (Wildman–Crippen LogP) is 4.18. The summed E-state index contributed by atoms with van der Waals surface area (Å²) in [5, 5.41) is 3.46. The van der Waals surface area contributed by atoms with Gasteiger partial charge >= 0.3 is 0 Å². The predicted molar refractivity (Wildman–Crippen MR) is 85.3 cm³/mol. The summed E-state index contributed by atoms with van der Waals surface area (Å²) in [7, 11) is 0. The molecule has 1 amide bonds. The second-order valence-electron chi connectivity index (χ2n) is 4.73. The van der Waals surface area contributed by atoms with Crippen molar-refractivity contribution in [3.8, 4) is 0 Å². The van der Waals surface area contributed by atoms with Crippen LogP contribution in [0.2, 0.25) is 0 Å². The molecule has 0 unspecified atom stereocenters. The number of thiophene rings is 1. The normalized spacial score (nSPS) is 10.8. The van der Waals surface area contributed by atoms with Crippen LogP contribution < -0.4 is 11.1 Å². The number of hydrogen-bond donors (Lipinski definition) is 2. The smallest absolute Gasteiger partial charge is 0.267 e. The lowest BCUT2D eigenvalue weighted by atomic mass is 10.2. The zero-order chi connectivity index (χ0) is 15.0. The molecular weight excluding hydrogens is 287 g/mol. The first kappa shape index (κ1) is 13.6. The number of amides is 1. The minimum Gasteiger partial charge on any atom is -0.397 e. The van der Waals surface area contributed by atoms with Crippen LogP contribution >= 0.6 is 11.3 Å². The summed E-state index contributed by atoms with van der Waals surface area (Å²) in [6.07, 6.45) is 0. The van der Waals surface area contributed by atoms with Crippen LogP contribution in [-0.4, -0.2) is 5.91 Å². The Balaban J connectivity index is 2.00. The second-order valence-corrected chi connectivity index (χ2v) is 5.78. The van der Waals surface area contributed by atoms with E-state index in [1.54, 1.807) is 19.1 Å². The largest absolute Gasteiger partial charge is 0.397 e. The molecule has 3 aromatic rings. The highest BCUT2D eigenvalue weighted by atomic mass is 32.1. The third kappa shape index (κ3) is 2.36. The minimum atomic E-state index is -0.456. The van der Waals surface area contributed by atoms with Gasteiger partial charge in [0.2, 0.25) is 0 Å². The van der Waals surface area contributed by atoms with Crippen LogP contribution in [0.4, 0.5) is 15.8 Å². The number of carbonyl (C=O) groups is 1. The highest BCUT2D eigenvalue weighted by Crippen LogP contribution is 2.34. The summed E-state index contributed by atoms with van der Waals surface area (Å²) >= 11 is 1.30. The Bertz CT molecular complexity index is 821. The number of aryl methyl sites for hydroxylation is 1. The zero-order valence-electron chi connectivity index (χ0n) is 11.3. The van der Waals surface area contributed by atoms with E-state index in [1.807, 2.05) is 24.3 Å². The Morgan fingerprint density at radius 3 is 2.67 bits per heavy atom. The van der Waals surface area contributed by atoms with Crippen molar-refractivity contribution in [1.82, 2.24) is 0 Å². The molecule has 0 fully saturated rings. The van der Waals surface area contributed by atoms with E-state index in [1.165, 1.54) is 17.4 Å². The standard InChI is InChI=1S/C16H13FN2OS/c1-9-5-4-7-11(17)14(9)19-16(20)15-13(18)10-6-2-3-8-12(10)21-15/h2-8H,18H2,1H3,(H,19,20). The van der Waals surface area contributed by atoms with Crippen molar-refractivity contribution in [3.05, 3.63) is 58.7 Å². The lowest BCUT2D eigenvalue weighted by Gasteiger charge is -2.08. The van der Waals surface area contributed by atoms with Crippen LogP contribution in [0.25, 0.3) is 10.1 Å². The van der Waals surface area contributed by atoms with Gasteiger partial charge < -0.3 is 11.1 Å². The Kier molecular flexibility index (Phi) is 3.35. The van der Waals surface area contributed by atoms with Gasteiger partial charge in [-0.3, -0.25) is 4.79 Å². The molecule has 0 radical (unpaired) electrons. The van der Waals surface area contributed by atoms with Gasteiger partial charge in [-0.05, 0) is 24.6 Å². The molecule has 0 saturated carbocycles. The minimum absolute atomic E-state index is 0.194. The summed E-state index contributed by atoms with van der Waals surface area (Å²) in [5.41, 5.74) is 7.32. The van der Waals surface area contributed by atoms with Gasteiger partial charge in [-0.15, -0.1) is 11.3 Å². The summed E-state index contributed by atoms with van der Waals surface area (Å²) in [4.78, 5) is 12.8. The number of nitrogens with one attached hydrogen (secondary N) is 1. The molecule has 0 aliphatic rings. The maximum absolute atomic E-state index is 13.8. The fourth-order valence-electron chi connectivity index (χ4n) is 2.19. The van der Waals surface area contributed by atoms with Crippen molar-refractivity contribution >= 4 is 38.7 Å². The SMILES string of the molecule is Cc1cccc(F)c1NC(=O)c1sc2ccccc2c1N. The summed E-state index contributed by atoms with van der Waals surface area (Å²) < 4.78 is 14.7. The maximum Gasteiger partial charge on any atom is 0.267 e. The number of fused-ring (bicyclic) bond motifs is 1. The average molecular weight is 300 g/mol. The molecule has 21 heavy (non-hydrogen) atoms. The van der Waals surface area contributed by atoms with E-state index in [-0.39, 0.29) is 11.6 Å². The monoisotopic (exact) mass is 300 g/mol. The molecule has 0 bridgehead atoms. The van der Waals surface area contributed by atoms with Crippen molar-refractivity contribution in [1.29, 1.82) is 0 Å². The summed E-state index contributed by atoms with van der Waals surface area (Å²) in [6.45, 7) is 1.74. The third-order valence-electron chi connectivity index (χ3n) is 3.30. The van der Waals surface area contributed by atoms with Gasteiger partial charge in [0.25, 0.3) is 5.91 Å². The summed E-state index contributed by atoms with van der Waals surface area (Å²) in [6, 6.07) is 12.2. The maximum atomic E-state index is 13.8. The molecule has 1 aromatic heterocycles. The molecule has 0 saturated heterocycles. The fourth-order valence-corrected chi connectivity index (χ4v) is 3.21. The number of para-hydroxylation sites is 1. The van der Waals surface area contributed by atoms with Crippen molar-refractivity contribution in [2.24, 2.45) is 0 Å². The van der Waals surface area contributed by atoms with Crippen molar-refractivity contribution in [2.75, 3.05) is 11.1 Å².